The number of imidazole rings is 1. The van der Waals surface area contributed by atoms with Gasteiger partial charge in [-0.15, -0.1) is 0 Å². The lowest BCUT2D eigenvalue weighted by atomic mass is 10.0. The molecule has 1 aromatic heterocycles. The average Bonchev–Trinajstić information content (AvgIpc) is 2.87. The zero-order chi connectivity index (χ0) is 14.5. The molecular weight excluding hydrogens is 387 g/mol. The number of aromatic nitrogens is 2. The van der Waals surface area contributed by atoms with Crippen LogP contribution in [-0.2, 0) is 13.0 Å². The van der Waals surface area contributed by atoms with Gasteiger partial charge in [0.15, 0.2) is 0 Å². The highest BCUT2D eigenvalue weighted by Crippen LogP contribution is 2.25. The van der Waals surface area contributed by atoms with E-state index in [1.807, 2.05) is 30.6 Å². The maximum Gasteiger partial charge on any atom is 0.110 e. The van der Waals surface area contributed by atoms with E-state index in [-0.39, 0.29) is 6.04 Å². The van der Waals surface area contributed by atoms with Crippen LogP contribution in [0.1, 0.15) is 30.8 Å². The van der Waals surface area contributed by atoms with Crippen molar-refractivity contribution in [2.45, 2.75) is 32.4 Å². The molecule has 0 fully saturated rings. The van der Waals surface area contributed by atoms with Crippen LogP contribution >= 0.6 is 34.2 Å². The summed E-state index contributed by atoms with van der Waals surface area (Å²) in [4.78, 5) is 4.43. The summed E-state index contributed by atoms with van der Waals surface area (Å²) in [6, 6.07) is 5.85. The third-order valence-corrected chi connectivity index (χ3v) is 4.41. The predicted octanol–water partition coefficient (Wildman–Crippen LogP) is 3.30. The van der Waals surface area contributed by atoms with Crippen molar-refractivity contribution in [2.24, 2.45) is 5.84 Å². The third-order valence-electron chi connectivity index (χ3n) is 3.19. The van der Waals surface area contributed by atoms with Gasteiger partial charge in [0.2, 0.25) is 0 Å². The Balaban J connectivity index is 2.24. The van der Waals surface area contributed by atoms with E-state index in [1.165, 1.54) is 0 Å². The second kappa shape index (κ2) is 7.40. The van der Waals surface area contributed by atoms with Gasteiger partial charge in [-0.1, -0.05) is 18.5 Å². The fourth-order valence-electron chi connectivity index (χ4n) is 2.20. The van der Waals surface area contributed by atoms with E-state index in [2.05, 4.69) is 44.5 Å². The van der Waals surface area contributed by atoms with E-state index in [0.29, 0.717) is 0 Å². The molecule has 0 aliphatic heterocycles. The molecule has 0 radical (unpaired) electrons. The first-order valence-corrected chi connectivity index (χ1v) is 8.02. The molecule has 0 saturated carbocycles. The molecule has 0 amide bonds. The molecule has 4 nitrogen and oxygen atoms in total. The van der Waals surface area contributed by atoms with E-state index in [1.54, 1.807) is 0 Å². The summed E-state index contributed by atoms with van der Waals surface area (Å²) in [6.07, 6.45) is 5.66. The normalized spacial score (nSPS) is 12.6. The number of nitrogens with zero attached hydrogens (tertiary/aromatic N) is 2. The summed E-state index contributed by atoms with van der Waals surface area (Å²) in [5, 5.41) is 0.720. The van der Waals surface area contributed by atoms with Crippen molar-refractivity contribution in [3.05, 3.63) is 50.6 Å². The van der Waals surface area contributed by atoms with Crippen LogP contribution in [0.4, 0.5) is 0 Å². The minimum absolute atomic E-state index is 0.00129. The van der Waals surface area contributed by atoms with Crippen LogP contribution < -0.4 is 11.3 Å². The molecule has 20 heavy (non-hydrogen) atoms. The van der Waals surface area contributed by atoms with Gasteiger partial charge in [-0.25, -0.2) is 4.98 Å². The fourth-order valence-corrected chi connectivity index (χ4v) is 3.09. The van der Waals surface area contributed by atoms with Gasteiger partial charge in [-0.05, 0) is 52.8 Å². The Morgan fingerprint density at radius 2 is 2.30 bits per heavy atom. The van der Waals surface area contributed by atoms with Crippen LogP contribution in [0, 0.1) is 3.57 Å². The third kappa shape index (κ3) is 3.72. The minimum Gasteiger partial charge on any atom is -0.335 e. The molecule has 0 bridgehead atoms. The topological polar surface area (TPSA) is 55.9 Å². The van der Waals surface area contributed by atoms with Gasteiger partial charge in [-0.3, -0.25) is 11.3 Å². The van der Waals surface area contributed by atoms with Crippen molar-refractivity contribution in [3.8, 4) is 0 Å². The van der Waals surface area contributed by atoms with Crippen molar-refractivity contribution in [1.82, 2.24) is 15.0 Å². The van der Waals surface area contributed by atoms with E-state index in [4.69, 9.17) is 17.4 Å². The van der Waals surface area contributed by atoms with Crippen LogP contribution in [0.3, 0.4) is 0 Å². The standard InChI is InChI=1S/C14H18ClIN4/c1-2-6-20-7-5-18-14(20)9-13(19-17)11-8-10(15)3-4-12(11)16/h3-5,7-8,13,19H,2,6,9,17H2,1H3. The lowest BCUT2D eigenvalue weighted by Crippen LogP contribution is -2.31. The first-order chi connectivity index (χ1) is 9.65. The fraction of sp³-hybridized carbons (Fsp3) is 0.357. The summed E-state index contributed by atoms with van der Waals surface area (Å²) in [5.41, 5.74) is 3.98. The molecule has 3 N–H and O–H groups in total. The van der Waals surface area contributed by atoms with Gasteiger partial charge in [0, 0.05) is 34.0 Å². The smallest absolute Gasteiger partial charge is 0.110 e. The summed E-state index contributed by atoms with van der Waals surface area (Å²) < 4.78 is 3.31. The molecule has 0 spiro atoms. The van der Waals surface area contributed by atoms with E-state index in [0.717, 1.165) is 39.4 Å². The molecule has 1 heterocycles. The second-order valence-electron chi connectivity index (χ2n) is 4.63. The number of halogens is 2. The van der Waals surface area contributed by atoms with E-state index < -0.39 is 0 Å². The first-order valence-electron chi connectivity index (χ1n) is 6.56. The summed E-state index contributed by atoms with van der Waals surface area (Å²) in [6.45, 7) is 3.13. The number of benzene rings is 1. The quantitative estimate of drug-likeness (QED) is 0.441. The number of nitrogens with two attached hydrogens (primary N) is 1. The van der Waals surface area contributed by atoms with Crippen molar-refractivity contribution in [3.63, 3.8) is 0 Å². The van der Waals surface area contributed by atoms with Crippen LogP contribution in [0.25, 0.3) is 0 Å². The lowest BCUT2D eigenvalue weighted by Gasteiger charge is -2.18. The van der Waals surface area contributed by atoms with Gasteiger partial charge < -0.3 is 4.57 Å². The molecule has 0 aliphatic carbocycles. The van der Waals surface area contributed by atoms with E-state index in [9.17, 15) is 0 Å². The molecule has 0 aliphatic rings. The Labute approximate surface area is 137 Å². The molecule has 2 rings (SSSR count). The lowest BCUT2D eigenvalue weighted by molar-refractivity contribution is 0.515. The predicted molar refractivity (Wildman–Crippen MR) is 90.5 cm³/mol. The number of aryl methyl sites for hydroxylation is 1. The van der Waals surface area contributed by atoms with Crippen molar-refractivity contribution >= 4 is 34.2 Å². The number of nitrogens with one attached hydrogen (secondary N) is 1. The highest BCUT2D eigenvalue weighted by atomic mass is 127. The van der Waals surface area contributed by atoms with Crippen LogP contribution in [0.15, 0.2) is 30.6 Å². The summed E-state index contributed by atoms with van der Waals surface area (Å²) in [5.74, 6) is 6.76. The minimum atomic E-state index is -0.00129. The Bertz CT molecular complexity index is 570. The second-order valence-corrected chi connectivity index (χ2v) is 6.22. The van der Waals surface area contributed by atoms with Gasteiger partial charge >= 0.3 is 0 Å². The molecule has 0 saturated heterocycles. The highest BCUT2D eigenvalue weighted by molar-refractivity contribution is 14.1. The number of hydrazine groups is 1. The Kier molecular flexibility index (Phi) is 5.83. The van der Waals surface area contributed by atoms with Gasteiger partial charge in [0.05, 0.1) is 6.04 Å². The van der Waals surface area contributed by atoms with Crippen molar-refractivity contribution in [2.75, 3.05) is 0 Å². The largest absolute Gasteiger partial charge is 0.335 e. The van der Waals surface area contributed by atoms with E-state index >= 15 is 0 Å². The molecule has 108 valence electrons. The van der Waals surface area contributed by atoms with Crippen LogP contribution in [0.2, 0.25) is 5.02 Å². The molecular formula is C14H18ClIN4. The Morgan fingerprint density at radius 1 is 1.50 bits per heavy atom. The number of rotatable bonds is 6. The maximum atomic E-state index is 6.09. The first kappa shape index (κ1) is 15.8. The SMILES string of the molecule is CCCn1ccnc1CC(NN)c1cc(Cl)ccc1I. The van der Waals surface area contributed by atoms with Crippen LogP contribution in [0.5, 0.6) is 0 Å². The zero-order valence-electron chi connectivity index (χ0n) is 11.3. The van der Waals surface area contributed by atoms with Gasteiger partial charge in [0.25, 0.3) is 0 Å². The Morgan fingerprint density at radius 3 is 3.00 bits per heavy atom. The zero-order valence-corrected chi connectivity index (χ0v) is 14.2. The summed E-state index contributed by atoms with van der Waals surface area (Å²) in [7, 11) is 0. The van der Waals surface area contributed by atoms with Crippen molar-refractivity contribution < 1.29 is 0 Å². The van der Waals surface area contributed by atoms with Crippen LogP contribution in [-0.4, -0.2) is 9.55 Å². The Hall–Kier alpha value is -0.630. The molecule has 1 atom stereocenters. The molecule has 1 unspecified atom stereocenters. The summed E-state index contributed by atoms with van der Waals surface area (Å²) >= 11 is 8.39. The molecule has 1 aromatic carbocycles. The number of hydrogen-bond donors (Lipinski definition) is 2. The van der Waals surface area contributed by atoms with Gasteiger partial charge in [-0.2, -0.15) is 0 Å². The monoisotopic (exact) mass is 404 g/mol. The molecule has 2 aromatic rings. The number of hydrogen-bond acceptors (Lipinski definition) is 3. The van der Waals surface area contributed by atoms with Crippen molar-refractivity contribution in [1.29, 1.82) is 0 Å². The molecule has 6 heteroatoms. The average molecular weight is 405 g/mol. The van der Waals surface area contributed by atoms with Gasteiger partial charge in [0.1, 0.15) is 5.82 Å². The maximum absolute atomic E-state index is 6.09. The highest BCUT2D eigenvalue weighted by Gasteiger charge is 2.16.